The molecule has 0 aromatic heterocycles. The topological polar surface area (TPSA) is 23.5 Å². The summed E-state index contributed by atoms with van der Waals surface area (Å²) < 4.78 is 0. The number of unbranched alkanes of at least 4 members (excludes halogenated alkanes) is 1. The van der Waals surface area contributed by atoms with Crippen LogP contribution < -0.4 is 0 Å². The van der Waals surface area contributed by atoms with Crippen LogP contribution in [0.2, 0.25) is 0 Å². The predicted octanol–water partition coefficient (Wildman–Crippen LogP) is 1.49. The number of β-amino-alcohol motifs (C(OH)–C–C–N with tert-alkyl or cyclic N) is 1. The molecule has 1 heterocycles. The van der Waals surface area contributed by atoms with Crippen molar-refractivity contribution < 1.29 is 5.11 Å². The lowest BCUT2D eigenvalue weighted by Crippen LogP contribution is -2.42. The molecule has 0 saturated carbocycles. The number of hydrogen-bond acceptors (Lipinski definition) is 2. The van der Waals surface area contributed by atoms with Gasteiger partial charge >= 0.3 is 0 Å². The summed E-state index contributed by atoms with van der Waals surface area (Å²) in [5.41, 5.74) is 0. The van der Waals surface area contributed by atoms with Crippen molar-refractivity contribution in [3.05, 3.63) is 0 Å². The van der Waals surface area contributed by atoms with Crippen LogP contribution >= 0.6 is 0 Å². The van der Waals surface area contributed by atoms with Crippen molar-refractivity contribution in [3.63, 3.8) is 0 Å². The van der Waals surface area contributed by atoms with Gasteiger partial charge in [-0.3, -0.25) is 0 Å². The maximum absolute atomic E-state index is 9.51. The molecule has 1 fully saturated rings. The zero-order valence-corrected chi connectivity index (χ0v) is 8.29. The van der Waals surface area contributed by atoms with Crippen LogP contribution in [-0.2, 0) is 0 Å². The van der Waals surface area contributed by atoms with Gasteiger partial charge in [0.15, 0.2) is 0 Å². The summed E-state index contributed by atoms with van der Waals surface area (Å²) in [6.45, 7) is 7.67. The van der Waals surface area contributed by atoms with Gasteiger partial charge in [0.25, 0.3) is 0 Å². The average Bonchev–Trinajstić information content (AvgIpc) is 1.99. The second-order valence-corrected chi connectivity index (χ2v) is 4.11. The van der Waals surface area contributed by atoms with Crippen LogP contribution in [0.1, 0.15) is 33.1 Å². The maximum Gasteiger partial charge on any atom is 0.0670 e. The van der Waals surface area contributed by atoms with Gasteiger partial charge in [-0.2, -0.15) is 0 Å². The molecule has 1 saturated heterocycles. The minimum atomic E-state index is -0.0781. The first-order valence-corrected chi connectivity index (χ1v) is 5.12. The smallest absolute Gasteiger partial charge is 0.0670 e. The summed E-state index contributed by atoms with van der Waals surface area (Å²) in [6.07, 6.45) is 3.42. The van der Waals surface area contributed by atoms with Gasteiger partial charge in [-0.15, -0.1) is 0 Å². The number of rotatable bonds is 3. The van der Waals surface area contributed by atoms with E-state index in [1.54, 1.807) is 0 Å². The van der Waals surface area contributed by atoms with E-state index in [-0.39, 0.29) is 6.10 Å². The second-order valence-electron chi connectivity index (χ2n) is 4.11. The first kappa shape index (κ1) is 10.0. The first-order chi connectivity index (χ1) is 5.72. The Morgan fingerprint density at radius 1 is 1.42 bits per heavy atom. The minimum absolute atomic E-state index is 0.0781. The van der Waals surface area contributed by atoms with Gasteiger partial charge in [0.05, 0.1) is 6.10 Å². The van der Waals surface area contributed by atoms with Gasteiger partial charge in [0.2, 0.25) is 0 Å². The van der Waals surface area contributed by atoms with Gasteiger partial charge in [0.1, 0.15) is 0 Å². The van der Waals surface area contributed by atoms with Crippen LogP contribution in [-0.4, -0.2) is 35.7 Å². The average molecular weight is 171 g/mol. The SMILES string of the molecule is CCCCN1CC(C)CC(O)C1. The molecule has 0 aromatic rings. The third-order valence-electron chi connectivity index (χ3n) is 2.54. The normalized spacial score (nSPS) is 32.2. The summed E-state index contributed by atoms with van der Waals surface area (Å²) in [7, 11) is 0. The van der Waals surface area contributed by atoms with Crippen molar-refractivity contribution in [1.29, 1.82) is 0 Å². The highest BCUT2D eigenvalue weighted by Crippen LogP contribution is 2.16. The van der Waals surface area contributed by atoms with Crippen molar-refractivity contribution in [2.75, 3.05) is 19.6 Å². The third-order valence-corrected chi connectivity index (χ3v) is 2.54. The Hall–Kier alpha value is -0.0800. The van der Waals surface area contributed by atoms with E-state index in [9.17, 15) is 5.11 Å². The zero-order valence-electron chi connectivity index (χ0n) is 8.29. The van der Waals surface area contributed by atoms with Gasteiger partial charge in [-0.1, -0.05) is 20.3 Å². The summed E-state index contributed by atoms with van der Waals surface area (Å²) >= 11 is 0. The lowest BCUT2D eigenvalue weighted by Gasteiger charge is -2.33. The van der Waals surface area contributed by atoms with Gasteiger partial charge in [0, 0.05) is 13.1 Å². The van der Waals surface area contributed by atoms with Crippen LogP contribution in [0.25, 0.3) is 0 Å². The molecule has 1 aliphatic rings. The number of likely N-dealkylation sites (tertiary alicyclic amines) is 1. The molecule has 1 aliphatic heterocycles. The molecule has 2 heteroatoms. The van der Waals surface area contributed by atoms with E-state index in [4.69, 9.17) is 0 Å². The molecule has 2 atom stereocenters. The van der Waals surface area contributed by atoms with Crippen molar-refractivity contribution in [2.45, 2.75) is 39.2 Å². The molecule has 1 rings (SSSR count). The molecule has 1 N–H and O–H groups in total. The fourth-order valence-electron chi connectivity index (χ4n) is 1.99. The predicted molar refractivity (Wildman–Crippen MR) is 51.1 cm³/mol. The van der Waals surface area contributed by atoms with Crippen LogP contribution in [0.4, 0.5) is 0 Å². The van der Waals surface area contributed by atoms with E-state index in [1.807, 2.05) is 0 Å². The number of hydrogen-bond donors (Lipinski definition) is 1. The Bertz CT molecular complexity index is 117. The Balaban J connectivity index is 2.24. The molecule has 12 heavy (non-hydrogen) atoms. The van der Waals surface area contributed by atoms with E-state index < -0.39 is 0 Å². The van der Waals surface area contributed by atoms with E-state index in [2.05, 4.69) is 18.7 Å². The monoisotopic (exact) mass is 171 g/mol. The van der Waals surface area contributed by atoms with Gasteiger partial charge in [-0.05, 0) is 25.3 Å². The fourth-order valence-corrected chi connectivity index (χ4v) is 1.99. The minimum Gasteiger partial charge on any atom is -0.392 e. The lowest BCUT2D eigenvalue weighted by molar-refractivity contribution is 0.0442. The quantitative estimate of drug-likeness (QED) is 0.695. The molecule has 0 bridgehead atoms. The largest absolute Gasteiger partial charge is 0.392 e. The van der Waals surface area contributed by atoms with Crippen LogP contribution in [0, 0.1) is 5.92 Å². The second kappa shape index (κ2) is 4.83. The van der Waals surface area contributed by atoms with E-state index in [0.717, 1.165) is 19.5 Å². The van der Waals surface area contributed by atoms with Crippen LogP contribution in [0.5, 0.6) is 0 Å². The highest BCUT2D eigenvalue weighted by molar-refractivity contribution is 4.75. The Labute approximate surface area is 75.6 Å². The standard InChI is InChI=1S/C10H21NO/c1-3-4-5-11-7-9(2)6-10(12)8-11/h9-10,12H,3-8H2,1-2H3. The van der Waals surface area contributed by atoms with Crippen LogP contribution in [0.3, 0.4) is 0 Å². The molecule has 2 nitrogen and oxygen atoms in total. The third kappa shape index (κ3) is 3.11. The molecule has 0 aliphatic carbocycles. The molecular weight excluding hydrogens is 150 g/mol. The molecule has 0 amide bonds. The Morgan fingerprint density at radius 3 is 2.75 bits per heavy atom. The summed E-state index contributed by atoms with van der Waals surface area (Å²) in [6, 6.07) is 0. The number of aliphatic hydroxyl groups is 1. The number of nitrogens with zero attached hydrogens (tertiary/aromatic N) is 1. The highest BCUT2D eigenvalue weighted by atomic mass is 16.3. The Kier molecular flexibility index (Phi) is 4.02. The number of aliphatic hydroxyl groups excluding tert-OH is 1. The summed E-state index contributed by atoms with van der Waals surface area (Å²) in [4.78, 5) is 2.39. The Morgan fingerprint density at radius 2 is 2.17 bits per heavy atom. The molecule has 0 spiro atoms. The first-order valence-electron chi connectivity index (χ1n) is 5.12. The molecular formula is C10H21NO. The molecule has 0 radical (unpaired) electrons. The van der Waals surface area contributed by atoms with Crippen molar-refractivity contribution >= 4 is 0 Å². The van der Waals surface area contributed by atoms with Crippen molar-refractivity contribution in [2.24, 2.45) is 5.92 Å². The molecule has 0 aromatic carbocycles. The van der Waals surface area contributed by atoms with E-state index >= 15 is 0 Å². The zero-order chi connectivity index (χ0) is 8.97. The van der Waals surface area contributed by atoms with Crippen molar-refractivity contribution in [3.8, 4) is 0 Å². The fraction of sp³-hybridized carbons (Fsp3) is 1.00. The highest BCUT2D eigenvalue weighted by Gasteiger charge is 2.21. The number of piperidine rings is 1. The van der Waals surface area contributed by atoms with Crippen LogP contribution in [0.15, 0.2) is 0 Å². The summed E-state index contributed by atoms with van der Waals surface area (Å²) in [5, 5.41) is 9.51. The van der Waals surface area contributed by atoms with E-state index in [1.165, 1.54) is 19.4 Å². The maximum atomic E-state index is 9.51. The van der Waals surface area contributed by atoms with E-state index in [0.29, 0.717) is 5.92 Å². The van der Waals surface area contributed by atoms with Gasteiger partial charge < -0.3 is 10.0 Å². The lowest BCUT2D eigenvalue weighted by atomic mass is 9.98. The molecule has 2 unspecified atom stereocenters. The summed E-state index contributed by atoms with van der Waals surface area (Å²) in [5.74, 6) is 0.672. The van der Waals surface area contributed by atoms with Crippen molar-refractivity contribution in [1.82, 2.24) is 4.90 Å². The molecule has 72 valence electrons. The van der Waals surface area contributed by atoms with Gasteiger partial charge in [-0.25, -0.2) is 0 Å².